The molecule has 0 saturated carbocycles. The fourth-order valence-corrected chi connectivity index (χ4v) is 2.42. The van der Waals surface area contributed by atoms with Crippen LogP contribution in [0.1, 0.15) is 28.9 Å². The number of ether oxygens (including phenoxy) is 1. The Bertz CT molecular complexity index is 462. The Morgan fingerprint density at radius 3 is 3.05 bits per heavy atom. The highest BCUT2D eigenvalue weighted by atomic mass is 16.5. The summed E-state index contributed by atoms with van der Waals surface area (Å²) in [6, 6.07) is 1.89. The first-order valence-corrected chi connectivity index (χ1v) is 6.62. The van der Waals surface area contributed by atoms with Gasteiger partial charge in [0.15, 0.2) is 0 Å². The van der Waals surface area contributed by atoms with Gasteiger partial charge in [-0.1, -0.05) is 0 Å². The molecule has 0 radical (unpaired) electrons. The monoisotopic (exact) mass is 263 g/mol. The summed E-state index contributed by atoms with van der Waals surface area (Å²) >= 11 is 0. The standard InChI is InChI=1S/C14H21N3O2/c1-10-7-13(15-2)12(8-16-10)14(18)17-6-4-5-11(9-17)19-3/h7-8,11H,4-6,9H2,1-3H3,(H,15,16). The average molecular weight is 263 g/mol. The van der Waals surface area contributed by atoms with E-state index in [1.165, 1.54) is 0 Å². The molecule has 1 amide bonds. The van der Waals surface area contributed by atoms with Crippen LogP contribution in [0.2, 0.25) is 0 Å². The molecule has 1 aliphatic rings. The van der Waals surface area contributed by atoms with Crippen LogP contribution in [0.5, 0.6) is 0 Å². The van der Waals surface area contributed by atoms with Crippen LogP contribution in [-0.2, 0) is 4.74 Å². The largest absolute Gasteiger partial charge is 0.387 e. The van der Waals surface area contributed by atoms with E-state index in [0.717, 1.165) is 30.8 Å². The number of aryl methyl sites for hydroxylation is 1. The smallest absolute Gasteiger partial charge is 0.257 e. The zero-order chi connectivity index (χ0) is 13.8. The predicted molar refractivity (Wildman–Crippen MR) is 74.5 cm³/mol. The second kappa shape index (κ2) is 6.02. The van der Waals surface area contributed by atoms with Gasteiger partial charge in [-0.3, -0.25) is 9.78 Å². The van der Waals surface area contributed by atoms with Gasteiger partial charge in [-0.2, -0.15) is 0 Å². The predicted octanol–water partition coefficient (Wildman–Crippen LogP) is 1.68. The number of piperidine rings is 1. The Morgan fingerprint density at radius 1 is 1.58 bits per heavy atom. The van der Waals surface area contributed by atoms with Crippen molar-refractivity contribution in [2.75, 3.05) is 32.6 Å². The maximum atomic E-state index is 12.5. The molecule has 5 nitrogen and oxygen atoms in total. The Balaban J connectivity index is 2.19. The maximum absolute atomic E-state index is 12.5. The van der Waals surface area contributed by atoms with E-state index >= 15 is 0 Å². The fraction of sp³-hybridized carbons (Fsp3) is 0.571. The lowest BCUT2D eigenvalue weighted by Gasteiger charge is -2.32. The number of likely N-dealkylation sites (tertiary alicyclic amines) is 1. The quantitative estimate of drug-likeness (QED) is 0.901. The van der Waals surface area contributed by atoms with Crippen LogP contribution in [0.4, 0.5) is 5.69 Å². The zero-order valence-electron chi connectivity index (χ0n) is 11.8. The van der Waals surface area contributed by atoms with E-state index in [-0.39, 0.29) is 12.0 Å². The van der Waals surface area contributed by atoms with E-state index in [9.17, 15) is 4.79 Å². The van der Waals surface area contributed by atoms with Crippen LogP contribution in [0, 0.1) is 6.92 Å². The van der Waals surface area contributed by atoms with Gasteiger partial charge in [0.05, 0.1) is 17.4 Å². The van der Waals surface area contributed by atoms with Gasteiger partial charge in [-0.25, -0.2) is 0 Å². The molecule has 1 aliphatic heterocycles. The van der Waals surface area contributed by atoms with Crippen molar-refractivity contribution in [1.29, 1.82) is 0 Å². The van der Waals surface area contributed by atoms with Crippen LogP contribution >= 0.6 is 0 Å². The number of hydrogen-bond acceptors (Lipinski definition) is 4. The van der Waals surface area contributed by atoms with Gasteiger partial charge in [-0.05, 0) is 25.8 Å². The summed E-state index contributed by atoms with van der Waals surface area (Å²) in [5.74, 6) is 0.0265. The second-order valence-corrected chi connectivity index (χ2v) is 4.87. The summed E-state index contributed by atoms with van der Waals surface area (Å²) in [6.07, 6.45) is 3.80. The van der Waals surface area contributed by atoms with E-state index in [1.54, 1.807) is 13.3 Å². The number of anilines is 1. The van der Waals surface area contributed by atoms with Gasteiger partial charge < -0.3 is 15.0 Å². The topological polar surface area (TPSA) is 54.5 Å². The third kappa shape index (κ3) is 3.04. The highest BCUT2D eigenvalue weighted by molar-refractivity contribution is 5.99. The minimum absolute atomic E-state index is 0.0265. The number of pyridine rings is 1. The lowest BCUT2D eigenvalue weighted by atomic mass is 10.1. The summed E-state index contributed by atoms with van der Waals surface area (Å²) in [7, 11) is 3.52. The molecular weight excluding hydrogens is 242 g/mol. The number of methoxy groups -OCH3 is 1. The number of carbonyl (C=O) groups is 1. The molecule has 1 unspecified atom stereocenters. The molecule has 1 N–H and O–H groups in total. The van der Waals surface area contributed by atoms with Gasteiger partial charge >= 0.3 is 0 Å². The lowest BCUT2D eigenvalue weighted by molar-refractivity contribution is 0.0269. The van der Waals surface area contributed by atoms with Gasteiger partial charge in [0.25, 0.3) is 5.91 Å². The first-order chi connectivity index (χ1) is 9.15. The molecule has 0 aromatic carbocycles. The molecule has 0 aliphatic carbocycles. The van der Waals surface area contributed by atoms with Crippen molar-refractivity contribution in [3.8, 4) is 0 Å². The normalized spacial score (nSPS) is 19.3. The molecular formula is C14H21N3O2. The minimum atomic E-state index is 0.0265. The Kier molecular flexibility index (Phi) is 4.37. The van der Waals surface area contributed by atoms with E-state index in [0.29, 0.717) is 12.1 Å². The lowest BCUT2D eigenvalue weighted by Crippen LogP contribution is -2.43. The number of hydrogen-bond donors (Lipinski definition) is 1. The van der Waals surface area contributed by atoms with Gasteiger partial charge in [0, 0.05) is 39.1 Å². The Labute approximate surface area is 114 Å². The van der Waals surface area contributed by atoms with Crippen molar-refractivity contribution in [1.82, 2.24) is 9.88 Å². The third-order valence-corrected chi connectivity index (χ3v) is 3.54. The number of nitrogens with one attached hydrogen (secondary N) is 1. The second-order valence-electron chi connectivity index (χ2n) is 4.87. The molecule has 104 valence electrons. The van der Waals surface area contributed by atoms with Gasteiger partial charge in [0.2, 0.25) is 0 Å². The van der Waals surface area contributed by atoms with Crippen LogP contribution < -0.4 is 5.32 Å². The van der Waals surface area contributed by atoms with Gasteiger partial charge in [0.1, 0.15) is 0 Å². The van der Waals surface area contributed by atoms with Crippen LogP contribution in [0.3, 0.4) is 0 Å². The molecule has 0 bridgehead atoms. The molecule has 1 aromatic rings. The van der Waals surface area contributed by atoms with Crippen molar-refractivity contribution < 1.29 is 9.53 Å². The van der Waals surface area contributed by atoms with E-state index in [1.807, 2.05) is 24.9 Å². The molecule has 1 saturated heterocycles. The highest BCUT2D eigenvalue weighted by Crippen LogP contribution is 2.20. The Hall–Kier alpha value is -1.62. The van der Waals surface area contributed by atoms with Crippen LogP contribution in [0.25, 0.3) is 0 Å². The molecule has 1 fully saturated rings. The minimum Gasteiger partial charge on any atom is -0.387 e. The summed E-state index contributed by atoms with van der Waals surface area (Å²) in [5.41, 5.74) is 2.36. The third-order valence-electron chi connectivity index (χ3n) is 3.54. The zero-order valence-corrected chi connectivity index (χ0v) is 11.8. The van der Waals surface area contributed by atoms with Crippen molar-refractivity contribution in [3.05, 3.63) is 23.5 Å². The Morgan fingerprint density at radius 2 is 2.37 bits per heavy atom. The highest BCUT2D eigenvalue weighted by Gasteiger charge is 2.25. The molecule has 1 aromatic heterocycles. The van der Waals surface area contributed by atoms with Crippen LogP contribution in [-0.4, -0.2) is 49.1 Å². The number of carbonyl (C=O) groups excluding carboxylic acids is 1. The first kappa shape index (κ1) is 13.8. The molecule has 5 heteroatoms. The molecule has 19 heavy (non-hydrogen) atoms. The summed E-state index contributed by atoms with van der Waals surface area (Å²) in [4.78, 5) is 18.6. The maximum Gasteiger partial charge on any atom is 0.257 e. The van der Waals surface area contributed by atoms with E-state index in [4.69, 9.17) is 4.74 Å². The van der Waals surface area contributed by atoms with Crippen molar-refractivity contribution in [2.45, 2.75) is 25.9 Å². The summed E-state index contributed by atoms with van der Waals surface area (Å²) in [6.45, 7) is 3.36. The summed E-state index contributed by atoms with van der Waals surface area (Å²) in [5, 5.41) is 3.06. The molecule has 2 rings (SSSR count). The first-order valence-electron chi connectivity index (χ1n) is 6.62. The fourth-order valence-electron chi connectivity index (χ4n) is 2.42. The van der Waals surface area contributed by atoms with Crippen molar-refractivity contribution in [3.63, 3.8) is 0 Å². The molecule has 0 spiro atoms. The van der Waals surface area contributed by atoms with E-state index in [2.05, 4.69) is 10.3 Å². The SMILES string of the molecule is CNc1cc(C)ncc1C(=O)N1CCCC(OC)C1. The number of nitrogens with zero attached hydrogens (tertiary/aromatic N) is 2. The van der Waals surface area contributed by atoms with Crippen LogP contribution in [0.15, 0.2) is 12.3 Å². The van der Waals surface area contributed by atoms with Crippen molar-refractivity contribution >= 4 is 11.6 Å². The van der Waals surface area contributed by atoms with E-state index < -0.39 is 0 Å². The van der Waals surface area contributed by atoms with Crippen molar-refractivity contribution in [2.24, 2.45) is 0 Å². The molecule has 2 heterocycles. The van der Waals surface area contributed by atoms with Gasteiger partial charge in [-0.15, -0.1) is 0 Å². The average Bonchev–Trinajstić information content (AvgIpc) is 2.46. The number of rotatable bonds is 3. The number of aromatic nitrogens is 1. The summed E-state index contributed by atoms with van der Waals surface area (Å²) < 4.78 is 5.36. The number of amides is 1. The molecule has 1 atom stereocenters.